The monoisotopic (exact) mass is 355 g/mol. The van der Waals surface area contributed by atoms with Gasteiger partial charge in [-0.25, -0.2) is 16.8 Å². The standard InChI is InChI=1S/C15H17NO5S2/c1-16(14-9-22(18,19)10-15(14)17)23(20,21)13-7-6-11-4-2-3-5-12(11)8-13/h2-8,14-15,17H,9-10H2,1H3/t14-,15+/m0/s1. The smallest absolute Gasteiger partial charge is 0.243 e. The van der Waals surface area contributed by atoms with Gasteiger partial charge >= 0.3 is 0 Å². The average Bonchev–Trinajstić information content (AvgIpc) is 2.78. The molecule has 2 aromatic rings. The Labute approximate surface area is 135 Å². The van der Waals surface area contributed by atoms with Crippen LogP contribution in [0.4, 0.5) is 0 Å². The van der Waals surface area contributed by atoms with Gasteiger partial charge in [-0.3, -0.25) is 0 Å². The predicted molar refractivity (Wildman–Crippen MR) is 87.3 cm³/mol. The summed E-state index contributed by atoms with van der Waals surface area (Å²) in [5.74, 6) is -0.771. The first kappa shape index (κ1) is 16.4. The number of aliphatic hydroxyl groups is 1. The molecule has 1 N–H and O–H groups in total. The van der Waals surface area contributed by atoms with Gasteiger partial charge in [0.15, 0.2) is 9.84 Å². The molecule has 1 aliphatic rings. The average molecular weight is 355 g/mol. The van der Waals surface area contributed by atoms with Gasteiger partial charge in [0.1, 0.15) is 0 Å². The molecule has 1 saturated heterocycles. The molecule has 23 heavy (non-hydrogen) atoms. The number of nitrogens with zero attached hydrogens (tertiary/aromatic N) is 1. The number of rotatable bonds is 3. The highest BCUT2D eigenvalue weighted by atomic mass is 32.2. The fourth-order valence-corrected chi connectivity index (χ4v) is 6.19. The van der Waals surface area contributed by atoms with Gasteiger partial charge in [-0.15, -0.1) is 0 Å². The second-order valence-corrected chi connectivity index (χ2v) is 9.89. The number of sulfonamides is 1. The van der Waals surface area contributed by atoms with Crippen LogP contribution < -0.4 is 0 Å². The summed E-state index contributed by atoms with van der Waals surface area (Å²) < 4.78 is 49.7. The van der Waals surface area contributed by atoms with Crippen LogP contribution >= 0.6 is 0 Å². The normalized spacial score (nSPS) is 24.3. The molecule has 8 heteroatoms. The van der Waals surface area contributed by atoms with Crippen molar-refractivity contribution in [1.82, 2.24) is 4.31 Å². The Hall–Kier alpha value is -1.48. The summed E-state index contributed by atoms with van der Waals surface area (Å²) in [4.78, 5) is 0.0789. The molecule has 0 unspecified atom stereocenters. The molecule has 0 radical (unpaired) electrons. The van der Waals surface area contributed by atoms with E-state index < -0.39 is 37.8 Å². The zero-order chi connectivity index (χ0) is 16.8. The molecule has 1 heterocycles. The van der Waals surface area contributed by atoms with E-state index >= 15 is 0 Å². The van der Waals surface area contributed by atoms with E-state index in [0.29, 0.717) is 0 Å². The van der Waals surface area contributed by atoms with E-state index in [1.807, 2.05) is 24.3 Å². The van der Waals surface area contributed by atoms with E-state index in [-0.39, 0.29) is 10.6 Å². The first-order valence-corrected chi connectivity index (χ1v) is 10.3. The molecule has 0 spiro atoms. The number of benzene rings is 2. The van der Waals surface area contributed by atoms with Gasteiger partial charge in [0, 0.05) is 7.05 Å². The van der Waals surface area contributed by atoms with Crippen molar-refractivity contribution >= 4 is 30.6 Å². The van der Waals surface area contributed by atoms with Gasteiger partial charge < -0.3 is 5.11 Å². The maximum Gasteiger partial charge on any atom is 0.243 e. The van der Waals surface area contributed by atoms with Crippen molar-refractivity contribution in [2.45, 2.75) is 17.0 Å². The van der Waals surface area contributed by atoms with E-state index in [1.54, 1.807) is 12.1 Å². The first-order valence-electron chi connectivity index (χ1n) is 7.06. The van der Waals surface area contributed by atoms with Gasteiger partial charge in [-0.1, -0.05) is 30.3 Å². The fraction of sp³-hybridized carbons (Fsp3) is 0.333. The second-order valence-electron chi connectivity index (χ2n) is 5.74. The highest BCUT2D eigenvalue weighted by Crippen LogP contribution is 2.26. The van der Waals surface area contributed by atoms with Crippen molar-refractivity contribution < 1.29 is 21.9 Å². The lowest BCUT2D eigenvalue weighted by atomic mass is 10.1. The van der Waals surface area contributed by atoms with Crippen LogP contribution in [0.3, 0.4) is 0 Å². The number of hydrogen-bond donors (Lipinski definition) is 1. The van der Waals surface area contributed by atoms with Gasteiger partial charge in [0.25, 0.3) is 0 Å². The van der Waals surface area contributed by atoms with Crippen molar-refractivity contribution in [1.29, 1.82) is 0 Å². The molecular formula is C15H17NO5S2. The summed E-state index contributed by atoms with van der Waals surface area (Å²) in [5.41, 5.74) is 0. The van der Waals surface area contributed by atoms with Crippen LogP contribution in [0, 0.1) is 0 Å². The molecule has 0 aromatic heterocycles. The molecule has 0 aliphatic carbocycles. The molecule has 1 fully saturated rings. The lowest BCUT2D eigenvalue weighted by Crippen LogP contribution is -2.44. The fourth-order valence-electron chi connectivity index (χ4n) is 2.83. The summed E-state index contributed by atoms with van der Waals surface area (Å²) in [6, 6.07) is 11.2. The Morgan fingerprint density at radius 2 is 1.74 bits per heavy atom. The molecule has 0 bridgehead atoms. The minimum absolute atomic E-state index is 0.0789. The lowest BCUT2D eigenvalue weighted by molar-refractivity contribution is 0.137. The van der Waals surface area contributed by atoms with Crippen LogP contribution in [-0.4, -0.2) is 56.9 Å². The Balaban J connectivity index is 1.99. The maximum atomic E-state index is 12.7. The molecule has 0 saturated carbocycles. The van der Waals surface area contributed by atoms with Crippen LogP contribution in [-0.2, 0) is 19.9 Å². The van der Waals surface area contributed by atoms with Crippen molar-refractivity contribution in [3.8, 4) is 0 Å². The predicted octanol–water partition coefficient (Wildman–Crippen LogP) is 0.618. The summed E-state index contributed by atoms with van der Waals surface area (Å²) in [7, 11) is -6.01. The van der Waals surface area contributed by atoms with E-state index in [2.05, 4.69) is 0 Å². The van der Waals surface area contributed by atoms with E-state index in [1.165, 1.54) is 13.1 Å². The van der Waals surface area contributed by atoms with Crippen molar-refractivity contribution in [2.24, 2.45) is 0 Å². The number of hydrogen-bond acceptors (Lipinski definition) is 5. The third-order valence-electron chi connectivity index (χ3n) is 4.16. The lowest BCUT2D eigenvalue weighted by Gasteiger charge is -2.25. The van der Waals surface area contributed by atoms with Crippen molar-refractivity contribution in [3.05, 3.63) is 42.5 Å². The maximum absolute atomic E-state index is 12.7. The minimum atomic E-state index is -3.89. The molecule has 2 aromatic carbocycles. The Kier molecular flexibility index (Phi) is 3.96. The Morgan fingerprint density at radius 1 is 1.09 bits per heavy atom. The molecule has 124 valence electrons. The number of likely N-dealkylation sites (N-methyl/N-ethyl adjacent to an activating group) is 1. The largest absolute Gasteiger partial charge is 0.390 e. The van der Waals surface area contributed by atoms with Crippen molar-refractivity contribution in [3.63, 3.8) is 0 Å². The zero-order valence-electron chi connectivity index (χ0n) is 12.5. The number of sulfone groups is 1. The SMILES string of the molecule is CN([C@H]1CS(=O)(=O)C[C@H]1O)S(=O)(=O)c1ccc2ccccc2c1. The molecule has 1 aliphatic heterocycles. The Bertz CT molecular complexity index is 953. The molecule has 2 atom stereocenters. The number of aliphatic hydroxyl groups excluding tert-OH is 1. The topological polar surface area (TPSA) is 91.8 Å². The molecule has 6 nitrogen and oxygen atoms in total. The van der Waals surface area contributed by atoms with Crippen LogP contribution in [0.5, 0.6) is 0 Å². The van der Waals surface area contributed by atoms with Crippen LogP contribution in [0.25, 0.3) is 10.8 Å². The van der Waals surface area contributed by atoms with E-state index in [9.17, 15) is 21.9 Å². The zero-order valence-corrected chi connectivity index (χ0v) is 14.1. The highest BCUT2D eigenvalue weighted by Gasteiger charge is 2.42. The summed E-state index contributed by atoms with van der Waals surface area (Å²) in [5, 5.41) is 11.6. The molecule has 0 amide bonds. The third kappa shape index (κ3) is 2.99. The van der Waals surface area contributed by atoms with Gasteiger partial charge in [-0.05, 0) is 22.9 Å². The minimum Gasteiger partial charge on any atom is -0.390 e. The number of fused-ring (bicyclic) bond motifs is 1. The van der Waals surface area contributed by atoms with Gasteiger partial charge in [0.2, 0.25) is 10.0 Å². The van der Waals surface area contributed by atoms with E-state index in [0.717, 1.165) is 15.1 Å². The highest BCUT2D eigenvalue weighted by molar-refractivity contribution is 7.92. The van der Waals surface area contributed by atoms with Gasteiger partial charge in [0.05, 0.1) is 28.5 Å². The summed E-state index contributed by atoms with van der Waals surface area (Å²) in [6.07, 6.45) is -1.21. The Morgan fingerprint density at radius 3 is 2.35 bits per heavy atom. The first-order chi connectivity index (χ1) is 10.7. The molecule has 3 rings (SSSR count). The van der Waals surface area contributed by atoms with Crippen molar-refractivity contribution in [2.75, 3.05) is 18.6 Å². The van der Waals surface area contributed by atoms with E-state index in [4.69, 9.17) is 0 Å². The van der Waals surface area contributed by atoms with Gasteiger partial charge in [-0.2, -0.15) is 4.31 Å². The summed E-state index contributed by atoms with van der Waals surface area (Å²) in [6.45, 7) is 0. The molecular weight excluding hydrogens is 338 g/mol. The van der Waals surface area contributed by atoms with Crippen LogP contribution in [0.2, 0.25) is 0 Å². The summed E-state index contributed by atoms with van der Waals surface area (Å²) >= 11 is 0. The quantitative estimate of drug-likeness (QED) is 0.871. The third-order valence-corrected chi connectivity index (χ3v) is 7.74. The second kappa shape index (κ2) is 5.55. The van der Waals surface area contributed by atoms with Crippen LogP contribution in [0.15, 0.2) is 47.4 Å². The van der Waals surface area contributed by atoms with Crippen LogP contribution in [0.1, 0.15) is 0 Å².